The molecule has 6 aromatic heterocycles. The molecular formula is C64H65F3N8O7S2Si. The third-order valence-corrected chi connectivity index (χ3v) is 22.3. The average Bonchev–Trinajstić information content (AvgIpc) is 1.82. The van der Waals surface area contributed by atoms with Crippen LogP contribution in [0, 0.1) is 0 Å². The molecule has 5 aromatic carbocycles. The van der Waals surface area contributed by atoms with Gasteiger partial charge >= 0.3 is 6.18 Å². The molecular weight excluding hydrogens is 1140 g/mol. The minimum Gasteiger partial charge on any atom is -0.495 e. The largest absolute Gasteiger partial charge is 0.495 e. The molecule has 0 spiro atoms. The second-order valence-electron chi connectivity index (χ2n) is 20.7. The van der Waals surface area contributed by atoms with Gasteiger partial charge in [0.1, 0.15) is 17.0 Å². The number of benzene rings is 5. The molecule has 6 heterocycles. The van der Waals surface area contributed by atoms with E-state index in [0.717, 1.165) is 44.4 Å². The summed E-state index contributed by atoms with van der Waals surface area (Å²) in [5, 5.41) is 13.0. The number of ether oxygens (including phenoxy) is 2. The van der Waals surface area contributed by atoms with Crippen molar-refractivity contribution in [3.63, 3.8) is 0 Å². The van der Waals surface area contributed by atoms with Crippen molar-refractivity contribution in [2.75, 3.05) is 14.2 Å². The Hall–Kier alpha value is -8.92. The molecule has 85 heavy (non-hydrogen) atoms. The lowest BCUT2D eigenvalue weighted by molar-refractivity contribution is -0.156. The molecule has 21 heteroatoms. The summed E-state index contributed by atoms with van der Waals surface area (Å²) in [4.78, 5) is 17.9. The first-order valence-corrected chi connectivity index (χ1v) is 32.0. The highest BCUT2D eigenvalue weighted by atomic mass is 32.2. The summed E-state index contributed by atoms with van der Waals surface area (Å²) in [6.07, 6.45) is 7.59. The smallest absolute Gasteiger partial charge is 0.446 e. The predicted molar refractivity (Wildman–Crippen MR) is 329 cm³/mol. The van der Waals surface area contributed by atoms with Crippen LogP contribution in [0.25, 0.3) is 44.3 Å². The molecule has 0 saturated heterocycles. The Morgan fingerprint density at radius 1 is 0.529 bits per heavy atom. The molecule has 15 nitrogen and oxygen atoms in total. The summed E-state index contributed by atoms with van der Waals surface area (Å²) >= 11 is 0. The standard InChI is InChI=1S/C36H28N4O3S.C17H14N4O3S.C9H22Si.C2HF3O/c1-43-31-22-33-34(26-39(35(33)37-24-31)44(41,42)32-20-12-5-13-21-32)27-23-38-40(25-27)36(28-14-6-2-7-15-28,29-16-8-3-9-17-29)30-18-10-4-11-19-30;1-24-13-7-15-16(12-8-19-20-9-12)11-21(17(15)18-10-13)25(22,23)14-5-3-2-4-6-14;1-7(2)10(8(3)4)9(5)6;3-2(4,5)1-6/h2-26H,1H3;2-11H,1H3,(H,19,20);7-10H,1-6H3;1H. The van der Waals surface area contributed by atoms with E-state index in [-0.39, 0.29) is 9.79 Å². The van der Waals surface area contributed by atoms with E-state index in [9.17, 15) is 30.0 Å². The average molecular weight is 1210 g/mol. The Balaban J connectivity index is 0.000000191. The molecule has 1 N–H and O–H groups in total. The van der Waals surface area contributed by atoms with Gasteiger partial charge in [0.15, 0.2) is 11.3 Å². The highest BCUT2D eigenvalue weighted by molar-refractivity contribution is 7.90. The minimum absolute atomic E-state index is 0.174. The number of carbonyl (C=O) groups is 1. The maximum Gasteiger partial charge on any atom is 0.446 e. The van der Waals surface area contributed by atoms with Crippen molar-refractivity contribution in [3.05, 3.63) is 230 Å². The van der Waals surface area contributed by atoms with E-state index in [1.807, 2.05) is 71.5 Å². The molecule has 0 aliphatic carbocycles. The van der Waals surface area contributed by atoms with Crippen LogP contribution in [0.15, 0.2) is 223 Å². The van der Waals surface area contributed by atoms with Crippen LogP contribution in [-0.4, -0.2) is 90.2 Å². The third-order valence-electron chi connectivity index (χ3n) is 14.3. The van der Waals surface area contributed by atoms with E-state index in [2.05, 4.69) is 98.1 Å². The number of H-pyrrole nitrogens is 1. The van der Waals surface area contributed by atoms with Crippen molar-refractivity contribution >= 4 is 57.2 Å². The van der Waals surface area contributed by atoms with Gasteiger partial charge < -0.3 is 9.47 Å². The predicted octanol–water partition coefficient (Wildman–Crippen LogP) is 13.8. The van der Waals surface area contributed by atoms with E-state index in [4.69, 9.17) is 19.4 Å². The van der Waals surface area contributed by atoms with Crippen molar-refractivity contribution in [2.45, 2.75) is 79.7 Å². The van der Waals surface area contributed by atoms with Crippen LogP contribution >= 0.6 is 0 Å². The van der Waals surface area contributed by atoms with Crippen LogP contribution in [0.4, 0.5) is 13.2 Å². The fourth-order valence-electron chi connectivity index (χ4n) is 10.9. The zero-order chi connectivity index (χ0) is 61.1. The van der Waals surface area contributed by atoms with Gasteiger partial charge in [-0.15, -0.1) is 0 Å². The molecule has 11 aromatic rings. The number of hydrogen-bond acceptors (Lipinski definition) is 11. The number of alkyl halides is 3. The van der Waals surface area contributed by atoms with E-state index in [1.165, 1.54) is 27.4 Å². The van der Waals surface area contributed by atoms with Crippen LogP contribution in [-0.2, 0) is 30.4 Å². The minimum atomic E-state index is -4.64. The van der Waals surface area contributed by atoms with Crippen molar-refractivity contribution in [1.29, 1.82) is 0 Å². The first-order chi connectivity index (χ1) is 40.7. The summed E-state index contributed by atoms with van der Waals surface area (Å²) in [6.45, 7) is 14.3. The Morgan fingerprint density at radius 2 is 0.894 bits per heavy atom. The lowest BCUT2D eigenvalue weighted by Gasteiger charge is -2.36. The number of rotatable bonds is 15. The fourth-order valence-corrected chi connectivity index (χ4v) is 18.2. The van der Waals surface area contributed by atoms with Gasteiger partial charge in [0.05, 0.1) is 48.8 Å². The summed E-state index contributed by atoms with van der Waals surface area (Å²) in [6, 6.07) is 51.0. The number of fused-ring (bicyclic) bond motifs is 2. The highest BCUT2D eigenvalue weighted by Gasteiger charge is 2.40. The molecule has 0 fully saturated rings. The zero-order valence-electron chi connectivity index (χ0n) is 48.0. The fraction of sp³-hybridized carbons (Fsp3) is 0.203. The number of carbonyl (C=O) groups excluding carboxylic acids is 1. The number of hydrogen-bond donors (Lipinski definition) is 1. The molecule has 0 aliphatic rings. The lowest BCUT2D eigenvalue weighted by atomic mass is 9.77. The van der Waals surface area contributed by atoms with Crippen LogP contribution in [0.1, 0.15) is 58.2 Å². The normalized spacial score (nSPS) is 11.9. The molecule has 0 saturated carbocycles. The Morgan fingerprint density at radius 3 is 1.21 bits per heavy atom. The second-order valence-corrected chi connectivity index (χ2v) is 29.5. The number of halogens is 3. The Bertz CT molecular complexity index is 4070. The molecule has 0 aliphatic heterocycles. The van der Waals surface area contributed by atoms with Gasteiger partial charge in [-0.1, -0.05) is 186 Å². The first-order valence-electron chi connectivity index (χ1n) is 27.1. The van der Waals surface area contributed by atoms with Crippen molar-refractivity contribution in [1.82, 2.24) is 37.9 Å². The maximum absolute atomic E-state index is 13.8. The third kappa shape index (κ3) is 13.5. The van der Waals surface area contributed by atoms with Gasteiger partial charge in [0.2, 0.25) is 6.29 Å². The van der Waals surface area contributed by atoms with Gasteiger partial charge in [-0.2, -0.15) is 23.4 Å². The number of nitrogens with one attached hydrogen (secondary N) is 1. The molecule has 11 rings (SSSR count). The van der Waals surface area contributed by atoms with Crippen LogP contribution in [0.5, 0.6) is 11.5 Å². The quantitative estimate of drug-likeness (QED) is 0.0585. The van der Waals surface area contributed by atoms with Gasteiger partial charge in [0.25, 0.3) is 20.0 Å². The topological polar surface area (TPSA) is 186 Å². The Kier molecular flexibility index (Phi) is 19.6. The van der Waals surface area contributed by atoms with Crippen molar-refractivity contribution in [3.8, 4) is 33.8 Å². The molecule has 0 unspecified atom stereocenters. The number of aromatic nitrogens is 8. The summed E-state index contributed by atoms with van der Waals surface area (Å²) < 4.78 is 100. The van der Waals surface area contributed by atoms with E-state index in [1.54, 1.807) is 105 Å². The van der Waals surface area contributed by atoms with E-state index >= 15 is 0 Å². The van der Waals surface area contributed by atoms with Crippen LogP contribution in [0.3, 0.4) is 0 Å². The molecule has 0 bridgehead atoms. The molecule has 440 valence electrons. The van der Waals surface area contributed by atoms with Gasteiger partial charge in [-0.05, 0) is 53.1 Å². The molecule has 0 amide bonds. The monoisotopic (exact) mass is 1210 g/mol. The second kappa shape index (κ2) is 26.8. The Labute approximate surface area is 494 Å². The van der Waals surface area contributed by atoms with Crippen molar-refractivity contribution in [2.24, 2.45) is 0 Å². The SMILES string of the molecule is CC(C)[SiH](C(C)C)C(C)C.COc1cnc2c(c1)c(-c1cn[nH]c1)cn2S(=O)(=O)c1ccccc1.COc1cnc2c(c1)c(-c1cnn(C(c3ccccc3)(c3ccccc3)c3ccccc3)c1)cn2S(=O)(=O)c1ccccc1.O=CC(F)(F)F. The number of methoxy groups -OCH3 is 2. The number of aldehydes is 1. The van der Waals surface area contributed by atoms with Crippen molar-refractivity contribution < 1.29 is 44.3 Å². The summed E-state index contributed by atoms with van der Waals surface area (Å²) in [7, 11) is -5.06. The van der Waals surface area contributed by atoms with Crippen LogP contribution in [0.2, 0.25) is 16.6 Å². The maximum atomic E-state index is 13.8. The summed E-state index contributed by atoms with van der Waals surface area (Å²) in [5.74, 6) is 1.07. The highest BCUT2D eigenvalue weighted by Crippen LogP contribution is 2.43. The zero-order valence-corrected chi connectivity index (χ0v) is 50.8. The van der Waals surface area contributed by atoms with Gasteiger partial charge in [0, 0.05) is 66.6 Å². The number of aromatic amines is 1. The first kappa shape index (κ1) is 62.1. The van der Waals surface area contributed by atoms with Gasteiger partial charge in [-0.3, -0.25) is 14.6 Å². The lowest BCUT2D eigenvalue weighted by Crippen LogP contribution is -2.38. The number of nitrogens with zero attached hydrogens (tertiary/aromatic N) is 7. The van der Waals surface area contributed by atoms with Gasteiger partial charge in [-0.25, -0.2) is 34.7 Å². The summed E-state index contributed by atoms with van der Waals surface area (Å²) in [5.41, 5.74) is 8.71. The molecule has 0 radical (unpaired) electrons. The van der Waals surface area contributed by atoms with Crippen LogP contribution < -0.4 is 9.47 Å². The molecule has 0 atom stereocenters. The number of pyridine rings is 2. The van der Waals surface area contributed by atoms with E-state index < -0.39 is 46.8 Å². The van der Waals surface area contributed by atoms with E-state index in [0.29, 0.717) is 44.7 Å².